The van der Waals surface area contributed by atoms with Crippen LogP contribution in [0.15, 0.2) is 48.5 Å². The van der Waals surface area contributed by atoms with Gasteiger partial charge in [0.25, 0.3) is 11.6 Å². The van der Waals surface area contributed by atoms with Gasteiger partial charge in [0.1, 0.15) is 11.3 Å². The SMILES string of the molecule is COc1ccc([N+](=O)[O-])cc1C(=O)OCC(=O)NC[C@@H](C)c1ccccc1. The van der Waals surface area contributed by atoms with Crippen molar-refractivity contribution < 1.29 is 24.0 Å². The van der Waals surface area contributed by atoms with Gasteiger partial charge in [-0.3, -0.25) is 14.9 Å². The van der Waals surface area contributed by atoms with Gasteiger partial charge in [-0.25, -0.2) is 4.79 Å². The lowest BCUT2D eigenvalue weighted by Gasteiger charge is -2.13. The third-order valence-electron chi connectivity index (χ3n) is 3.92. The molecule has 1 amide bonds. The van der Waals surface area contributed by atoms with Gasteiger partial charge in [-0.1, -0.05) is 37.3 Å². The maximum Gasteiger partial charge on any atom is 0.342 e. The van der Waals surface area contributed by atoms with E-state index in [1.54, 1.807) is 0 Å². The standard InChI is InChI=1S/C19H20N2O6/c1-13(14-6-4-3-5-7-14)11-20-18(22)12-27-19(23)16-10-15(21(24)25)8-9-17(16)26-2/h3-10,13H,11-12H2,1-2H3,(H,20,22)/t13-/m1/s1. The van der Waals surface area contributed by atoms with Crippen molar-refractivity contribution in [1.82, 2.24) is 5.32 Å². The molecule has 0 saturated carbocycles. The van der Waals surface area contributed by atoms with Crippen LogP contribution in [0, 0.1) is 10.1 Å². The number of nitrogens with one attached hydrogen (secondary N) is 1. The largest absolute Gasteiger partial charge is 0.496 e. The van der Waals surface area contributed by atoms with E-state index in [1.807, 2.05) is 37.3 Å². The zero-order valence-corrected chi connectivity index (χ0v) is 15.0. The summed E-state index contributed by atoms with van der Waals surface area (Å²) in [6.07, 6.45) is 0. The maximum absolute atomic E-state index is 12.2. The molecule has 2 aromatic rings. The average molecular weight is 372 g/mol. The summed E-state index contributed by atoms with van der Waals surface area (Å²) in [5.41, 5.74) is 0.692. The van der Waals surface area contributed by atoms with Crippen molar-refractivity contribution in [2.75, 3.05) is 20.3 Å². The number of nitro benzene ring substituents is 1. The van der Waals surface area contributed by atoms with Crippen LogP contribution in [0.25, 0.3) is 0 Å². The van der Waals surface area contributed by atoms with Crippen LogP contribution in [0.1, 0.15) is 28.8 Å². The number of benzene rings is 2. The van der Waals surface area contributed by atoms with E-state index in [0.717, 1.165) is 11.6 Å². The Bertz CT molecular complexity index is 822. The maximum atomic E-state index is 12.2. The predicted octanol–water partition coefficient (Wildman–Crippen LogP) is 2.68. The molecule has 0 aliphatic heterocycles. The number of ether oxygens (including phenoxy) is 2. The summed E-state index contributed by atoms with van der Waals surface area (Å²) < 4.78 is 9.96. The Hall–Kier alpha value is -3.42. The molecule has 142 valence electrons. The molecule has 0 aromatic heterocycles. The Morgan fingerprint density at radius 3 is 2.52 bits per heavy atom. The number of amides is 1. The van der Waals surface area contributed by atoms with E-state index in [2.05, 4.69) is 5.32 Å². The summed E-state index contributed by atoms with van der Waals surface area (Å²) in [5.74, 6) is -1.11. The van der Waals surface area contributed by atoms with Gasteiger partial charge >= 0.3 is 5.97 Å². The molecule has 2 aromatic carbocycles. The Labute approximate surface area is 156 Å². The first kappa shape index (κ1) is 19.9. The first-order chi connectivity index (χ1) is 12.9. The number of hydrogen-bond acceptors (Lipinski definition) is 6. The number of nitrogens with zero attached hydrogens (tertiary/aromatic N) is 1. The fourth-order valence-electron chi connectivity index (χ4n) is 2.40. The molecule has 0 heterocycles. The summed E-state index contributed by atoms with van der Waals surface area (Å²) in [5, 5.41) is 13.5. The molecule has 8 heteroatoms. The number of carbonyl (C=O) groups excluding carboxylic acids is 2. The van der Waals surface area contributed by atoms with Gasteiger partial charge in [0.15, 0.2) is 6.61 Å². The molecule has 0 bridgehead atoms. The molecule has 27 heavy (non-hydrogen) atoms. The lowest BCUT2D eigenvalue weighted by atomic mass is 10.0. The molecular weight excluding hydrogens is 352 g/mol. The van der Waals surface area contributed by atoms with Gasteiger partial charge < -0.3 is 14.8 Å². The summed E-state index contributed by atoms with van der Waals surface area (Å²) in [6.45, 7) is 1.86. The molecule has 0 aliphatic carbocycles. The monoisotopic (exact) mass is 372 g/mol. The Kier molecular flexibility index (Phi) is 6.87. The lowest BCUT2D eigenvalue weighted by Crippen LogP contribution is -2.31. The van der Waals surface area contributed by atoms with Gasteiger partial charge in [0, 0.05) is 18.7 Å². The number of hydrogen-bond donors (Lipinski definition) is 1. The number of nitro groups is 1. The smallest absolute Gasteiger partial charge is 0.342 e. The molecule has 2 rings (SSSR count). The quantitative estimate of drug-likeness (QED) is 0.434. The van der Waals surface area contributed by atoms with E-state index in [0.29, 0.717) is 6.54 Å². The van der Waals surface area contributed by atoms with E-state index in [-0.39, 0.29) is 22.9 Å². The number of carbonyl (C=O) groups is 2. The molecule has 1 N–H and O–H groups in total. The summed E-state index contributed by atoms with van der Waals surface area (Å²) in [7, 11) is 1.33. The minimum Gasteiger partial charge on any atom is -0.496 e. The normalized spacial score (nSPS) is 11.3. The van der Waals surface area contributed by atoms with Crippen molar-refractivity contribution in [3.05, 3.63) is 69.8 Å². The molecule has 0 saturated heterocycles. The highest BCUT2D eigenvalue weighted by Gasteiger charge is 2.19. The second kappa shape index (κ2) is 9.33. The van der Waals surface area contributed by atoms with Crippen molar-refractivity contribution in [3.8, 4) is 5.75 Å². The van der Waals surface area contributed by atoms with Gasteiger partial charge in [-0.2, -0.15) is 0 Å². The fourth-order valence-corrected chi connectivity index (χ4v) is 2.40. The highest BCUT2D eigenvalue weighted by Crippen LogP contribution is 2.24. The van der Waals surface area contributed by atoms with E-state index < -0.39 is 23.4 Å². The summed E-state index contributed by atoms with van der Waals surface area (Å²) in [4.78, 5) is 34.3. The van der Waals surface area contributed by atoms with Crippen LogP contribution in [0.4, 0.5) is 5.69 Å². The van der Waals surface area contributed by atoms with Crippen molar-refractivity contribution in [2.24, 2.45) is 0 Å². The van der Waals surface area contributed by atoms with E-state index in [1.165, 1.54) is 19.2 Å². The van der Waals surface area contributed by atoms with Crippen LogP contribution in [-0.2, 0) is 9.53 Å². The predicted molar refractivity (Wildman–Crippen MR) is 97.8 cm³/mol. The van der Waals surface area contributed by atoms with Crippen molar-refractivity contribution in [3.63, 3.8) is 0 Å². The molecule has 0 radical (unpaired) electrons. The Morgan fingerprint density at radius 2 is 1.89 bits per heavy atom. The van der Waals surface area contributed by atoms with Gasteiger partial charge in [0.2, 0.25) is 0 Å². The van der Waals surface area contributed by atoms with Gasteiger partial charge in [0.05, 0.1) is 12.0 Å². The lowest BCUT2D eigenvalue weighted by molar-refractivity contribution is -0.384. The second-order valence-corrected chi connectivity index (χ2v) is 5.83. The molecule has 1 atom stereocenters. The molecule has 8 nitrogen and oxygen atoms in total. The molecule has 0 unspecified atom stereocenters. The number of rotatable bonds is 8. The molecule has 0 fully saturated rings. The highest BCUT2D eigenvalue weighted by molar-refractivity contribution is 5.94. The average Bonchev–Trinajstić information content (AvgIpc) is 2.70. The van der Waals surface area contributed by atoms with Crippen LogP contribution >= 0.6 is 0 Å². The van der Waals surface area contributed by atoms with E-state index >= 15 is 0 Å². The third-order valence-corrected chi connectivity index (χ3v) is 3.92. The van der Waals surface area contributed by atoms with Crippen molar-refractivity contribution in [2.45, 2.75) is 12.8 Å². The molecular formula is C19H20N2O6. The minimum absolute atomic E-state index is 0.0997. The Morgan fingerprint density at radius 1 is 1.19 bits per heavy atom. The fraction of sp³-hybridized carbons (Fsp3) is 0.263. The van der Waals surface area contributed by atoms with Crippen LogP contribution in [-0.4, -0.2) is 37.1 Å². The summed E-state index contributed by atoms with van der Waals surface area (Å²) >= 11 is 0. The minimum atomic E-state index is -0.873. The second-order valence-electron chi connectivity index (χ2n) is 5.83. The topological polar surface area (TPSA) is 108 Å². The zero-order chi connectivity index (χ0) is 19.8. The summed E-state index contributed by atoms with van der Waals surface area (Å²) in [6, 6.07) is 13.2. The van der Waals surface area contributed by atoms with Gasteiger partial charge in [-0.05, 0) is 17.5 Å². The number of non-ortho nitro benzene ring substituents is 1. The molecule has 0 aliphatic rings. The van der Waals surface area contributed by atoms with E-state index in [4.69, 9.17) is 9.47 Å². The van der Waals surface area contributed by atoms with Crippen molar-refractivity contribution >= 4 is 17.6 Å². The number of esters is 1. The number of methoxy groups -OCH3 is 1. The Balaban J connectivity index is 1.90. The first-order valence-corrected chi connectivity index (χ1v) is 8.23. The van der Waals surface area contributed by atoms with Crippen LogP contribution in [0.2, 0.25) is 0 Å². The van der Waals surface area contributed by atoms with Crippen molar-refractivity contribution in [1.29, 1.82) is 0 Å². The van der Waals surface area contributed by atoms with Crippen LogP contribution in [0.3, 0.4) is 0 Å². The zero-order valence-electron chi connectivity index (χ0n) is 15.0. The highest BCUT2D eigenvalue weighted by atomic mass is 16.6. The molecule has 0 spiro atoms. The third kappa shape index (κ3) is 5.53. The van der Waals surface area contributed by atoms with Crippen LogP contribution < -0.4 is 10.1 Å². The van der Waals surface area contributed by atoms with Gasteiger partial charge in [-0.15, -0.1) is 0 Å². The first-order valence-electron chi connectivity index (χ1n) is 8.23. The van der Waals surface area contributed by atoms with Crippen LogP contribution in [0.5, 0.6) is 5.75 Å². The van der Waals surface area contributed by atoms with E-state index in [9.17, 15) is 19.7 Å².